The molecule has 0 N–H and O–H groups in total. The summed E-state index contributed by atoms with van der Waals surface area (Å²) < 4.78 is 67.0. The van der Waals surface area contributed by atoms with E-state index in [0.717, 1.165) is 0 Å². The number of hydrogen-bond donors (Lipinski definition) is 0. The molecule has 0 aliphatic rings. The topological polar surface area (TPSA) is 0 Å². The molecular weight excluding hydrogens is 162 g/mol. The number of rotatable bonds is 2. The van der Waals surface area contributed by atoms with Crippen molar-refractivity contribution in [2.75, 3.05) is 0 Å². The summed E-state index contributed by atoms with van der Waals surface area (Å²) in [5.41, 5.74) is 0. The second kappa shape index (κ2) is 3.48. The van der Waals surface area contributed by atoms with Crippen molar-refractivity contribution >= 4 is 0 Å². The van der Waals surface area contributed by atoms with Gasteiger partial charge in [-0.05, 0) is 0 Å². The molecule has 0 saturated heterocycles. The van der Waals surface area contributed by atoms with E-state index in [2.05, 4.69) is 0 Å². The Morgan fingerprint density at radius 3 is 1.00 bits per heavy atom. The Labute approximate surface area is 52.1 Å². The quantitative estimate of drug-likeness (QED) is 0.550. The molecule has 0 nitrogen and oxygen atoms in total. The van der Waals surface area contributed by atoms with Crippen LogP contribution in [0.15, 0.2) is 11.7 Å². The van der Waals surface area contributed by atoms with Crippen LogP contribution in [-0.4, -0.2) is 12.9 Å². The first kappa shape index (κ1) is 9.32. The maximum atomic E-state index is 11.4. The molecule has 0 aliphatic heterocycles. The summed E-state index contributed by atoms with van der Waals surface area (Å²) in [6, 6.07) is 0. The van der Waals surface area contributed by atoms with Crippen LogP contribution in [0.25, 0.3) is 0 Å². The highest BCUT2D eigenvalue weighted by Crippen LogP contribution is 2.21. The highest BCUT2D eigenvalue weighted by Gasteiger charge is 2.23. The third-order valence-corrected chi connectivity index (χ3v) is 0.611. The van der Waals surface area contributed by atoms with Crippen LogP contribution in [0.5, 0.6) is 0 Å². The Bertz CT molecular complexity index is 121. The van der Waals surface area contributed by atoms with Crippen LogP contribution in [0, 0.1) is 0 Å². The summed E-state index contributed by atoms with van der Waals surface area (Å²) in [5.74, 6) is -5.40. The summed E-state index contributed by atoms with van der Waals surface area (Å²) in [7, 11) is 0. The Morgan fingerprint density at radius 1 is 0.700 bits per heavy atom. The summed E-state index contributed by atoms with van der Waals surface area (Å²) in [6.45, 7) is 0. The van der Waals surface area contributed by atoms with Gasteiger partial charge in [-0.3, -0.25) is 0 Å². The molecule has 0 aromatic carbocycles. The van der Waals surface area contributed by atoms with Crippen molar-refractivity contribution in [1.82, 2.24) is 0 Å². The van der Waals surface area contributed by atoms with Gasteiger partial charge in [-0.15, -0.1) is 0 Å². The monoisotopic (exact) mass is 164 g/mol. The van der Waals surface area contributed by atoms with Crippen molar-refractivity contribution < 1.29 is 26.3 Å². The predicted octanol–water partition coefficient (Wildman–Crippen LogP) is 2.67. The van der Waals surface area contributed by atoms with E-state index >= 15 is 0 Å². The fourth-order valence-corrected chi connectivity index (χ4v) is 0.208. The molecule has 0 spiro atoms. The SMILES string of the molecule is F/C(=C(/F)C(F)F)C(F)F. The van der Waals surface area contributed by atoms with Crippen LogP contribution in [0.2, 0.25) is 0 Å². The van der Waals surface area contributed by atoms with Gasteiger partial charge in [0.2, 0.25) is 11.7 Å². The van der Waals surface area contributed by atoms with Gasteiger partial charge in [0.25, 0.3) is 12.9 Å². The fourth-order valence-electron chi connectivity index (χ4n) is 0.208. The molecule has 0 saturated carbocycles. The van der Waals surface area contributed by atoms with Gasteiger partial charge in [0.1, 0.15) is 0 Å². The lowest BCUT2D eigenvalue weighted by atomic mass is 10.4. The minimum atomic E-state index is -3.81. The van der Waals surface area contributed by atoms with Crippen LogP contribution in [0.1, 0.15) is 0 Å². The summed E-state index contributed by atoms with van der Waals surface area (Å²) in [5, 5.41) is 0. The van der Waals surface area contributed by atoms with Crippen LogP contribution < -0.4 is 0 Å². The van der Waals surface area contributed by atoms with Gasteiger partial charge in [-0.1, -0.05) is 0 Å². The maximum Gasteiger partial charge on any atom is 0.292 e. The Balaban J connectivity index is 4.34. The molecule has 0 rings (SSSR count). The molecular formula is C4H2F6. The molecule has 0 atom stereocenters. The summed E-state index contributed by atoms with van der Waals surface area (Å²) in [6.07, 6.45) is -7.62. The lowest BCUT2D eigenvalue weighted by Crippen LogP contribution is -2.00. The van der Waals surface area contributed by atoms with E-state index in [4.69, 9.17) is 0 Å². The third kappa shape index (κ3) is 2.28. The van der Waals surface area contributed by atoms with Gasteiger partial charge >= 0.3 is 0 Å². The zero-order chi connectivity index (χ0) is 8.31. The highest BCUT2D eigenvalue weighted by molar-refractivity contribution is 5.04. The molecule has 0 radical (unpaired) electrons. The first-order chi connectivity index (χ1) is 4.46. The van der Waals surface area contributed by atoms with Crippen LogP contribution >= 0.6 is 0 Å². The molecule has 10 heavy (non-hydrogen) atoms. The molecule has 0 heterocycles. The Hall–Kier alpha value is -0.680. The normalized spacial score (nSPS) is 14.4. The van der Waals surface area contributed by atoms with Crippen LogP contribution in [0.4, 0.5) is 26.3 Å². The smallest absolute Gasteiger partial charge is 0.202 e. The molecule has 0 aromatic heterocycles. The van der Waals surface area contributed by atoms with Crippen molar-refractivity contribution in [2.45, 2.75) is 12.9 Å². The van der Waals surface area contributed by atoms with Crippen LogP contribution in [0.3, 0.4) is 0 Å². The van der Waals surface area contributed by atoms with E-state index in [9.17, 15) is 26.3 Å². The maximum absolute atomic E-state index is 11.4. The van der Waals surface area contributed by atoms with E-state index in [1.807, 2.05) is 0 Å². The zero-order valence-corrected chi connectivity index (χ0v) is 4.42. The second-order valence-electron chi connectivity index (χ2n) is 1.30. The van der Waals surface area contributed by atoms with Crippen LogP contribution in [-0.2, 0) is 0 Å². The molecule has 6 heteroatoms. The molecule has 0 bridgehead atoms. The number of alkyl halides is 4. The standard InChI is InChI=1S/C4H2F6/c5-1(3(7)8)2(6)4(9)10/h3-4H/b2-1+. The highest BCUT2D eigenvalue weighted by atomic mass is 19.3. The molecule has 0 aromatic rings. The van der Waals surface area contributed by atoms with Crippen molar-refractivity contribution in [3.63, 3.8) is 0 Å². The molecule has 0 unspecified atom stereocenters. The Kier molecular flexibility index (Phi) is 3.24. The number of halogens is 6. The van der Waals surface area contributed by atoms with Gasteiger partial charge in [0, 0.05) is 0 Å². The molecule has 0 fully saturated rings. The van der Waals surface area contributed by atoms with Crippen molar-refractivity contribution in [2.24, 2.45) is 0 Å². The summed E-state index contributed by atoms with van der Waals surface area (Å²) >= 11 is 0. The average molecular weight is 164 g/mol. The predicted molar refractivity (Wildman–Crippen MR) is 21.2 cm³/mol. The van der Waals surface area contributed by atoms with Crippen molar-refractivity contribution in [1.29, 1.82) is 0 Å². The minimum absolute atomic E-state index is 2.70. The first-order valence-corrected chi connectivity index (χ1v) is 2.08. The van der Waals surface area contributed by atoms with E-state index in [0.29, 0.717) is 0 Å². The average Bonchev–Trinajstić information content (AvgIpc) is 1.84. The van der Waals surface area contributed by atoms with Gasteiger partial charge in [0.05, 0.1) is 0 Å². The number of allylic oxidation sites excluding steroid dienone is 2. The lowest BCUT2D eigenvalue weighted by molar-refractivity contribution is 0.118. The van der Waals surface area contributed by atoms with Gasteiger partial charge in [-0.25, -0.2) is 26.3 Å². The van der Waals surface area contributed by atoms with Crippen molar-refractivity contribution in [3.8, 4) is 0 Å². The third-order valence-electron chi connectivity index (χ3n) is 0.611. The van der Waals surface area contributed by atoms with E-state index in [1.165, 1.54) is 0 Å². The number of hydrogen-bond acceptors (Lipinski definition) is 0. The van der Waals surface area contributed by atoms with E-state index < -0.39 is 24.5 Å². The zero-order valence-electron chi connectivity index (χ0n) is 4.42. The van der Waals surface area contributed by atoms with Crippen molar-refractivity contribution in [3.05, 3.63) is 11.7 Å². The van der Waals surface area contributed by atoms with Gasteiger partial charge in [0.15, 0.2) is 0 Å². The largest absolute Gasteiger partial charge is 0.292 e. The molecule has 60 valence electrons. The first-order valence-electron chi connectivity index (χ1n) is 2.08. The second-order valence-corrected chi connectivity index (χ2v) is 1.30. The van der Waals surface area contributed by atoms with Gasteiger partial charge in [-0.2, -0.15) is 0 Å². The fraction of sp³-hybridized carbons (Fsp3) is 0.500. The summed E-state index contributed by atoms with van der Waals surface area (Å²) in [4.78, 5) is 0. The lowest BCUT2D eigenvalue weighted by Gasteiger charge is -1.96. The van der Waals surface area contributed by atoms with E-state index in [1.54, 1.807) is 0 Å². The Morgan fingerprint density at radius 2 is 0.900 bits per heavy atom. The van der Waals surface area contributed by atoms with Gasteiger partial charge < -0.3 is 0 Å². The minimum Gasteiger partial charge on any atom is -0.202 e. The molecule has 0 aliphatic carbocycles. The van der Waals surface area contributed by atoms with E-state index in [-0.39, 0.29) is 0 Å². The molecule has 0 amide bonds.